The van der Waals surface area contributed by atoms with E-state index in [9.17, 15) is 0 Å². The van der Waals surface area contributed by atoms with Crippen molar-refractivity contribution in [3.8, 4) is 22.8 Å². The van der Waals surface area contributed by atoms with E-state index in [2.05, 4.69) is 10.2 Å². The molecular formula is C16H11ClN2O. The SMILES string of the molecule is Clc1ccc(-c2ccc(Oc3ccccc3)cc2)nn1. The number of para-hydroxylation sites is 1. The van der Waals surface area contributed by atoms with Gasteiger partial charge in [-0.3, -0.25) is 0 Å². The zero-order valence-corrected chi connectivity index (χ0v) is 11.3. The van der Waals surface area contributed by atoms with E-state index >= 15 is 0 Å². The minimum Gasteiger partial charge on any atom is -0.457 e. The van der Waals surface area contributed by atoms with Crippen molar-refractivity contribution in [3.05, 3.63) is 71.9 Å². The monoisotopic (exact) mass is 282 g/mol. The second-order valence-electron chi connectivity index (χ2n) is 4.18. The van der Waals surface area contributed by atoms with Gasteiger partial charge in [-0.25, -0.2) is 0 Å². The van der Waals surface area contributed by atoms with Gasteiger partial charge in [-0.2, -0.15) is 0 Å². The number of rotatable bonds is 3. The van der Waals surface area contributed by atoms with Crippen LogP contribution in [0.5, 0.6) is 11.5 Å². The Bertz CT molecular complexity index is 682. The third kappa shape index (κ3) is 2.95. The highest BCUT2D eigenvalue weighted by Gasteiger charge is 2.02. The van der Waals surface area contributed by atoms with Gasteiger partial charge in [0.1, 0.15) is 11.5 Å². The van der Waals surface area contributed by atoms with Crippen LogP contribution in [0.3, 0.4) is 0 Å². The van der Waals surface area contributed by atoms with E-state index in [1.54, 1.807) is 6.07 Å². The summed E-state index contributed by atoms with van der Waals surface area (Å²) in [7, 11) is 0. The molecule has 3 aromatic rings. The number of benzene rings is 2. The molecule has 0 amide bonds. The molecule has 0 N–H and O–H groups in total. The van der Waals surface area contributed by atoms with Gasteiger partial charge in [0.15, 0.2) is 5.15 Å². The molecule has 1 heterocycles. The number of ether oxygens (including phenoxy) is 1. The highest BCUT2D eigenvalue weighted by Crippen LogP contribution is 2.24. The van der Waals surface area contributed by atoms with Crippen LogP contribution in [0.1, 0.15) is 0 Å². The third-order valence-electron chi connectivity index (χ3n) is 2.76. The Kier molecular flexibility index (Phi) is 3.61. The van der Waals surface area contributed by atoms with E-state index in [-0.39, 0.29) is 0 Å². The summed E-state index contributed by atoms with van der Waals surface area (Å²) in [6.07, 6.45) is 0. The first kappa shape index (κ1) is 12.6. The predicted molar refractivity (Wildman–Crippen MR) is 79.0 cm³/mol. The van der Waals surface area contributed by atoms with Gasteiger partial charge in [0.25, 0.3) is 0 Å². The van der Waals surface area contributed by atoms with Gasteiger partial charge < -0.3 is 4.74 Å². The molecule has 0 unspecified atom stereocenters. The number of hydrogen-bond donors (Lipinski definition) is 0. The highest BCUT2D eigenvalue weighted by atomic mass is 35.5. The molecule has 98 valence electrons. The molecular weight excluding hydrogens is 272 g/mol. The minimum absolute atomic E-state index is 0.387. The second kappa shape index (κ2) is 5.72. The molecule has 0 saturated heterocycles. The lowest BCUT2D eigenvalue weighted by Gasteiger charge is -2.06. The maximum atomic E-state index is 5.73. The lowest BCUT2D eigenvalue weighted by Crippen LogP contribution is -1.88. The molecule has 0 aliphatic heterocycles. The average molecular weight is 283 g/mol. The molecule has 0 radical (unpaired) electrons. The van der Waals surface area contributed by atoms with Crippen LogP contribution in [-0.4, -0.2) is 10.2 Å². The van der Waals surface area contributed by atoms with Crippen molar-refractivity contribution in [1.29, 1.82) is 0 Å². The fraction of sp³-hybridized carbons (Fsp3) is 0. The van der Waals surface area contributed by atoms with E-state index in [1.807, 2.05) is 60.7 Å². The largest absolute Gasteiger partial charge is 0.457 e. The van der Waals surface area contributed by atoms with Crippen molar-refractivity contribution in [2.24, 2.45) is 0 Å². The van der Waals surface area contributed by atoms with Crippen molar-refractivity contribution in [2.45, 2.75) is 0 Å². The topological polar surface area (TPSA) is 35.0 Å². The molecule has 3 rings (SSSR count). The zero-order chi connectivity index (χ0) is 13.8. The summed E-state index contributed by atoms with van der Waals surface area (Å²) in [6, 6.07) is 20.9. The molecule has 3 nitrogen and oxygen atoms in total. The van der Waals surface area contributed by atoms with Gasteiger partial charge in [-0.1, -0.05) is 29.8 Å². The Labute approximate surface area is 121 Å². The summed E-state index contributed by atoms with van der Waals surface area (Å²) < 4.78 is 5.73. The Hall–Kier alpha value is -2.39. The van der Waals surface area contributed by atoms with Crippen molar-refractivity contribution in [3.63, 3.8) is 0 Å². The van der Waals surface area contributed by atoms with E-state index in [0.29, 0.717) is 5.15 Å². The number of halogens is 1. The summed E-state index contributed by atoms with van der Waals surface area (Å²) in [6.45, 7) is 0. The third-order valence-corrected chi connectivity index (χ3v) is 2.96. The van der Waals surface area contributed by atoms with Crippen LogP contribution in [-0.2, 0) is 0 Å². The van der Waals surface area contributed by atoms with Gasteiger partial charge in [-0.05, 0) is 48.5 Å². The predicted octanol–water partition coefficient (Wildman–Crippen LogP) is 4.59. The normalized spacial score (nSPS) is 10.2. The van der Waals surface area contributed by atoms with Crippen molar-refractivity contribution >= 4 is 11.6 Å². The minimum atomic E-state index is 0.387. The standard InChI is InChI=1S/C16H11ClN2O/c17-16-11-10-15(18-19-16)12-6-8-14(9-7-12)20-13-4-2-1-3-5-13/h1-11H. The van der Waals surface area contributed by atoms with Gasteiger partial charge in [0.2, 0.25) is 0 Å². The summed E-state index contributed by atoms with van der Waals surface area (Å²) in [5.41, 5.74) is 1.75. The quantitative estimate of drug-likeness (QED) is 0.705. The summed E-state index contributed by atoms with van der Waals surface area (Å²) >= 11 is 5.72. The first-order chi connectivity index (χ1) is 9.81. The lowest BCUT2D eigenvalue weighted by atomic mass is 10.1. The summed E-state index contributed by atoms with van der Waals surface area (Å²) in [4.78, 5) is 0. The van der Waals surface area contributed by atoms with Crippen LogP contribution in [0.15, 0.2) is 66.7 Å². The molecule has 1 aromatic heterocycles. The molecule has 0 fully saturated rings. The van der Waals surface area contributed by atoms with E-state index in [0.717, 1.165) is 22.8 Å². The van der Waals surface area contributed by atoms with Gasteiger partial charge in [-0.15, -0.1) is 10.2 Å². The van der Waals surface area contributed by atoms with Crippen LogP contribution >= 0.6 is 11.6 Å². The van der Waals surface area contributed by atoms with Crippen LogP contribution in [0.4, 0.5) is 0 Å². The number of nitrogens with zero attached hydrogens (tertiary/aromatic N) is 2. The first-order valence-corrected chi connectivity index (χ1v) is 6.52. The van der Waals surface area contributed by atoms with Crippen LogP contribution in [0.25, 0.3) is 11.3 Å². The van der Waals surface area contributed by atoms with Gasteiger partial charge >= 0.3 is 0 Å². The molecule has 4 heteroatoms. The Morgan fingerprint density at radius 1 is 0.700 bits per heavy atom. The van der Waals surface area contributed by atoms with Crippen molar-refractivity contribution in [1.82, 2.24) is 10.2 Å². The van der Waals surface area contributed by atoms with Gasteiger partial charge in [0, 0.05) is 5.56 Å². The van der Waals surface area contributed by atoms with E-state index < -0.39 is 0 Å². The van der Waals surface area contributed by atoms with E-state index in [4.69, 9.17) is 16.3 Å². The molecule has 0 spiro atoms. The maximum Gasteiger partial charge on any atom is 0.151 e. The van der Waals surface area contributed by atoms with Crippen LogP contribution in [0, 0.1) is 0 Å². The molecule has 0 aliphatic carbocycles. The Morgan fingerprint density at radius 3 is 2.05 bits per heavy atom. The molecule has 0 saturated carbocycles. The molecule has 20 heavy (non-hydrogen) atoms. The summed E-state index contributed by atoms with van der Waals surface area (Å²) in [5, 5.41) is 8.26. The first-order valence-electron chi connectivity index (χ1n) is 6.14. The molecule has 0 aliphatic rings. The summed E-state index contributed by atoms with van der Waals surface area (Å²) in [5.74, 6) is 1.59. The molecule has 2 aromatic carbocycles. The smallest absolute Gasteiger partial charge is 0.151 e. The highest BCUT2D eigenvalue weighted by molar-refractivity contribution is 6.29. The number of hydrogen-bond acceptors (Lipinski definition) is 3. The lowest BCUT2D eigenvalue weighted by molar-refractivity contribution is 0.483. The van der Waals surface area contributed by atoms with Crippen molar-refractivity contribution in [2.75, 3.05) is 0 Å². The Morgan fingerprint density at radius 2 is 1.40 bits per heavy atom. The number of aromatic nitrogens is 2. The van der Waals surface area contributed by atoms with E-state index in [1.165, 1.54) is 0 Å². The fourth-order valence-corrected chi connectivity index (χ4v) is 1.89. The molecule has 0 bridgehead atoms. The zero-order valence-electron chi connectivity index (χ0n) is 10.5. The maximum absolute atomic E-state index is 5.73. The fourth-order valence-electron chi connectivity index (χ4n) is 1.79. The van der Waals surface area contributed by atoms with Crippen LogP contribution in [0.2, 0.25) is 5.15 Å². The van der Waals surface area contributed by atoms with Gasteiger partial charge in [0.05, 0.1) is 5.69 Å². The molecule has 0 atom stereocenters. The second-order valence-corrected chi connectivity index (χ2v) is 4.57. The van der Waals surface area contributed by atoms with Crippen molar-refractivity contribution < 1.29 is 4.74 Å². The average Bonchev–Trinajstić information content (AvgIpc) is 2.50. The Balaban J connectivity index is 1.79. The van der Waals surface area contributed by atoms with Crippen LogP contribution < -0.4 is 4.74 Å².